The van der Waals surface area contributed by atoms with E-state index in [2.05, 4.69) is 10.2 Å². The molecular weight excluding hydrogens is 472 g/mol. The summed E-state index contributed by atoms with van der Waals surface area (Å²) in [5, 5.41) is 23.4. The van der Waals surface area contributed by atoms with Crippen LogP contribution in [-0.2, 0) is 24.3 Å². The number of anilines is 1. The van der Waals surface area contributed by atoms with Crippen molar-refractivity contribution >= 4 is 17.3 Å². The Hall–Kier alpha value is -3.66. The van der Waals surface area contributed by atoms with Crippen LogP contribution in [0.15, 0.2) is 65.5 Å². The number of piperidine rings is 1. The van der Waals surface area contributed by atoms with E-state index in [1.807, 2.05) is 47.0 Å². The molecule has 9 nitrogen and oxygen atoms in total. The highest BCUT2D eigenvalue weighted by Crippen LogP contribution is 2.47. The van der Waals surface area contributed by atoms with Crippen molar-refractivity contribution in [3.05, 3.63) is 93.0 Å². The first-order valence-corrected chi connectivity index (χ1v) is 12.7. The molecule has 1 fully saturated rings. The van der Waals surface area contributed by atoms with Gasteiger partial charge in [-0.15, -0.1) is 0 Å². The van der Waals surface area contributed by atoms with Crippen molar-refractivity contribution in [2.75, 3.05) is 18.6 Å². The highest BCUT2D eigenvalue weighted by Gasteiger charge is 2.49. The summed E-state index contributed by atoms with van der Waals surface area (Å²) in [6.45, 7) is 1.66. The van der Waals surface area contributed by atoms with Crippen LogP contribution in [0, 0.1) is 17.0 Å². The summed E-state index contributed by atoms with van der Waals surface area (Å²) in [5.74, 6) is 0.657. The average molecular weight is 503 g/mol. The zero-order chi connectivity index (χ0) is 25.7. The first-order chi connectivity index (χ1) is 17.9. The van der Waals surface area contributed by atoms with Gasteiger partial charge >= 0.3 is 0 Å². The smallest absolute Gasteiger partial charge is 0.250 e. The number of pyridine rings is 1. The van der Waals surface area contributed by atoms with Gasteiger partial charge in [0.1, 0.15) is 5.75 Å². The second-order valence-electron chi connectivity index (χ2n) is 10.3. The van der Waals surface area contributed by atoms with Gasteiger partial charge in [0.15, 0.2) is 5.69 Å². The summed E-state index contributed by atoms with van der Waals surface area (Å²) in [7, 11) is 1.62. The molecule has 1 amide bonds. The van der Waals surface area contributed by atoms with E-state index in [0.29, 0.717) is 26.1 Å². The Morgan fingerprint density at radius 2 is 1.97 bits per heavy atom. The van der Waals surface area contributed by atoms with Crippen molar-refractivity contribution in [2.24, 2.45) is 11.8 Å². The average Bonchev–Trinajstić information content (AvgIpc) is 2.91. The van der Waals surface area contributed by atoms with E-state index in [9.17, 15) is 20.0 Å². The van der Waals surface area contributed by atoms with E-state index in [4.69, 9.17) is 4.74 Å². The molecule has 3 aromatic rings. The number of methoxy groups -OCH3 is 1. The fraction of sp³-hybridized carbons (Fsp3) is 0.357. The minimum Gasteiger partial charge on any atom is -0.595 e. The van der Waals surface area contributed by atoms with Gasteiger partial charge in [-0.3, -0.25) is 9.59 Å². The zero-order valence-electron chi connectivity index (χ0n) is 20.6. The summed E-state index contributed by atoms with van der Waals surface area (Å²) in [6, 6.07) is 18.2. The van der Waals surface area contributed by atoms with Crippen LogP contribution >= 0.6 is 0 Å². The molecule has 0 spiro atoms. The van der Waals surface area contributed by atoms with Gasteiger partial charge in [0.25, 0.3) is 5.56 Å². The molecule has 3 aliphatic rings. The molecule has 0 aliphatic carbocycles. The lowest BCUT2D eigenvalue weighted by molar-refractivity contribution is -0.991. The fourth-order valence-corrected chi connectivity index (χ4v) is 6.55. The first kappa shape index (κ1) is 23.7. The molecule has 3 aliphatic heterocycles. The largest absolute Gasteiger partial charge is 0.595 e. The van der Waals surface area contributed by atoms with Crippen LogP contribution in [0.4, 0.5) is 11.4 Å². The van der Waals surface area contributed by atoms with Crippen LogP contribution in [0.2, 0.25) is 0 Å². The number of hydrogen-bond donors (Lipinski definition) is 3. The minimum absolute atomic E-state index is 0.00321. The Bertz CT molecular complexity index is 1390. The molecule has 6 rings (SSSR count). The lowest BCUT2D eigenvalue weighted by Crippen LogP contribution is -2.99. The van der Waals surface area contributed by atoms with Crippen molar-refractivity contribution in [3.8, 4) is 5.75 Å². The number of amides is 1. The Balaban J connectivity index is 1.34. The third kappa shape index (κ3) is 4.19. The molecule has 0 radical (unpaired) electrons. The maximum absolute atomic E-state index is 13.7. The van der Waals surface area contributed by atoms with Gasteiger partial charge in [-0.1, -0.05) is 18.2 Å². The van der Waals surface area contributed by atoms with E-state index in [1.54, 1.807) is 25.3 Å². The molecule has 1 aromatic heterocycles. The Morgan fingerprint density at radius 3 is 2.73 bits per heavy atom. The number of fused-ring (bicyclic) bond motifs is 8. The van der Waals surface area contributed by atoms with Gasteiger partial charge in [0.05, 0.1) is 13.0 Å². The number of nitrogens with one attached hydrogen (secondary N) is 2. The van der Waals surface area contributed by atoms with E-state index < -0.39 is 5.23 Å². The number of aromatic nitrogens is 1. The quantitative estimate of drug-likeness (QED) is 0.459. The Labute approximate surface area is 214 Å². The van der Waals surface area contributed by atoms with Gasteiger partial charge in [0.2, 0.25) is 5.91 Å². The molecule has 4 heterocycles. The molecule has 0 saturated carbocycles. The number of carbonyl (C=O) groups is 1. The standard InChI is InChI=1S/C28H30N4O5/c1-37-22-8-5-17(6-9-22)14-29-28(34)23-13-18-12-21(32(35)36)7-10-25(18)31-15-19-11-20(27(23)31)16-30-24(19)3-2-4-26(30)33/h2-10,12,19-20,23,27,32,35H,11,13-16H2,1H3,(H,29,34). The van der Waals surface area contributed by atoms with Crippen LogP contribution < -0.4 is 25.7 Å². The summed E-state index contributed by atoms with van der Waals surface area (Å²) in [6.07, 6.45) is 1.39. The SMILES string of the molecule is COc1ccc(CNC(=O)C2Cc3cc([NH+]([O-])O)ccc3N3CC4CC(Cn5c4cccc5=O)C23)cc1. The van der Waals surface area contributed by atoms with Crippen LogP contribution in [0.3, 0.4) is 0 Å². The monoisotopic (exact) mass is 502 g/mol. The Kier molecular flexibility index (Phi) is 5.98. The fourth-order valence-electron chi connectivity index (χ4n) is 6.55. The predicted octanol–water partition coefficient (Wildman–Crippen LogP) is 1.74. The summed E-state index contributed by atoms with van der Waals surface area (Å²) in [4.78, 5) is 28.7. The van der Waals surface area contributed by atoms with Gasteiger partial charge in [-0.2, -0.15) is 5.23 Å². The van der Waals surface area contributed by atoms with E-state index in [1.165, 1.54) is 0 Å². The third-order valence-corrected chi connectivity index (χ3v) is 8.22. The number of benzene rings is 2. The predicted molar refractivity (Wildman–Crippen MR) is 137 cm³/mol. The second-order valence-corrected chi connectivity index (χ2v) is 10.3. The molecule has 3 N–H and O–H groups in total. The van der Waals surface area contributed by atoms with Crippen molar-refractivity contribution in [1.29, 1.82) is 0 Å². The number of quaternary nitrogens is 1. The molecular formula is C28H30N4O5. The van der Waals surface area contributed by atoms with Gasteiger partial charge in [-0.25, -0.2) is 5.21 Å². The number of rotatable bonds is 5. The summed E-state index contributed by atoms with van der Waals surface area (Å²) in [5.41, 5.74) is 4.11. The number of hydrogen-bond acceptors (Lipinski definition) is 6. The van der Waals surface area contributed by atoms with Crippen molar-refractivity contribution in [1.82, 2.24) is 9.88 Å². The highest BCUT2D eigenvalue weighted by molar-refractivity contribution is 5.82. The van der Waals surface area contributed by atoms with Crippen molar-refractivity contribution < 1.29 is 20.0 Å². The van der Waals surface area contributed by atoms with Crippen LogP contribution in [-0.4, -0.2) is 35.4 Å². The summed E-state index contributed by atoms with van der Waals surface area (Å²) < 4.78 is 7.10. The molecule has 9 heteroatoms. The molecule has 37 heavy (non-hydrogen) atoms. The molecule has 2 aromatic carbocycles. The second kappa shape index (κ2) is 9.33. The van der Waals surface area contributed by atoms with E-state index in [0.717, 1.165) is 34.7 Å². The lowest BCUT2D eigenvalue weighted by Gasteiger charge is -2.54. The number of ether oxygens (including phenoxy) is 1. The first-order valence-electron chi connectivity index (χ1n) is 12.7. The maximum Gasteiger partial charge on any atom is 0.250 e. The number of carbonyl (C=O) groups excluding carboxylic acids is 1. The van der Waals surface area contributed by atoms with Crippen LogP contribution in [0.25, 0.3) is 0 Å². The van der Waals surface area contributed by atoms with Gasteiger partial charge in [0, 0.05) is 61.2 Å². The van der Waals surface area contributed by atoms with E-state index >= 15 is 0 Å². The Morgan fingerprint density at radius 1 is 1.16 bits per heavy atom. The molecule has 192 valence electrons. The molecule has 5 atom stereocenters. The molecule has 1 saturated heterocycles. The number of nitrogens with zero attached hydrogens (tertiary/aromatic N) is 2. The summed E-state index contributed by atoms with van der Waals surface area (Å²) >= 11 is 0. The molecule has 5 unspecified atom stereocenters. The highest BCUT2D eigenvalue weighted by atomic mass is 16.8. The minimum atomic E-state index is -0.978. The van der Waals surface area contributed by atoms with Gasteiger partial charge < -0.3 is 24.7 Å². The molecule has 2 bridgehead atoms. The third-order valence-electron chi connectivity index (χ3n) is 8.22. The van der Waals surface area contributed by atoms with E-state index in [-0.39, 0.29) is 40.9 Å². The van der Waals surface area contributed by atoms with Crippen molar-refractivity contribution in [3.63, 3.8) is 0 Å². The normalized spacial score (nSPS) is 24.4. The van der Waals surface area contributed by atoms with Crippen molar-refractivity contribution in [2.45, 2.75) is 37.9 Å². The maximum atomic E-state index is 13.7. The van der Waals surface area contributed by atoms with Crippen LogP contribution in [0.1, 0.15) is 29.2 Å². The van der Waals surface area contributed by atoms with Gasteiger partial charge in [-0.05, 0) is 54.2 Å². The lowest BCUT2D eigenvalue weighted by atomic mass is 9.70. The van der Waals surface area contributed by atoms with Crippen LogP contribution in [0.5, 0.6) is 5.75 Å². The zero-order valence-corrected chi connectivity index (χ0v) is 20.6. The topological polar surface area (TPSA) is 111 Å².